The predicted octanol–water partition coefficient (Wildman–Crippen LogP) is 4.36. The highest BCUT2D eigenvalue weighted by atomic mass is 32.2. The lowest BCUT2D eigenvalue weighted by Crippen LogP contribution is -2.35. The Morgan fingerprint density at radius 2 is 2.00 bits per heavy atom. The second-order valence-electron chi connectivity index (χ2n) is 6.33. The van der Waals surface area contributed by atoms with Crippen molar-refractivity contribution >= 4 is 45.5 Å². The van der Waals surface area contributed by atoms with Gasteiger partial charge in [0.15, 0.2) is 4.34 Å². The molecule has 3 aromatic rings. The van der Waals surface area contributed by atoms with Crippen LogP contribution in [0, 0.1) is 0 Å². The predicted molar refractivity (Wildman–Crippen MR) is 114 cm³/mol. The Labute approximate surface area is 171 Å². The summed E-state index contributed by atoms with van der Waals surface area (Å²) in [6, 6.07) is 15.7. The second kappa shape index (κ2) is 8.20. The zero-order valence-electron chi connectivity index (χ0n) is 15.6. The third-order valence-corrected chi connectivity index (χ3v) is 6.54. The summed E-state index contributed by atoms with van der Waals surface area (Å²) in [7, 11) is 1.63. The number of fused-ring (bicyclic) bond motifs is 1. The van der Waals surface area contributed by atoms with E-state index < -0.39 is 0 Å². The summed E-state index contributed by atoms with van der Waals surface area (Å²) < 4.78 is 6.10. The van der Waals surface area contributed by atoms with Crippen LogP contribution < -0.4 is 15.0 Å². The summed E-state index contributed by atoms with van der Waals surface area (Å²) in [5.74, 6) is 0.840. The van der Waals surface area contributed by atoms with Crippen molar-refractivity contribution in [3.05, 3.63) is 54.1 Å². The number of hydrogen-bond acceptors (Lipinski definition) is 7. The topological polar surface area (TPSA) is 67.3 Å². The number of thioether (sulfide) groups is 1. The molecule has 28 heavy (non-hydrogen) atoms. The fourth-order valence-corrected chi connectivity index (χ4v) is 5.13. The van der Waals surface area contributed by atoms with Crippen LogP contribution in [-0.4, -0.2) is 35.0 Å². The minimum atomic E-state index is -0.238. The molecular formula is C20H20N4O2S2. The fraction of sp³-hybridized carbons (Fsp3) is 0.250. The fourth-order valence-electron chi connectivity index (χ4n) is 3.16. The number of amides is 1. The molecule has 8 heteroatoms. The molecule has 0 saturated heterocycles. The number of hydrogen-bond donors (Lipinski definition) is 1. The van der Waals surface area contributed by atoms with Gasteiger partial charge in [0.05, 0.1) is 18.0 Å². The minimum Gasteiger partial charge on any atom is -0.495 e. The zero-order valence-corrected chi connectivity index (χ0v) is 17.2. The van der Waals surface area contributed by atoms with Gasteiger partial charge in [0, 0.05) is 12.2 Å². The van der Waals surface area contributed by atoms with E-state index in [4.69, 9.17) is 4.74 Å². The molecule has 0 fully saturated rings. The Balaban J connectivity index is 1.42. The van der Waals surface area contributed by atoms with Crippen LogP contribution in [0.1, 0.15) is 12.5 Å². The monoisotopic (exact) mass is 412 g/mol. The van der Waals surface area contributed by atoms with Gasteiger partial charge in [-0.05, 0) is 37.1 Å². The maximum absolute atomic E-state index is 12.9. The Kier molecular flexibility index (Phi) is 5.50. The molecule has 1 atom stereocenters. The zero-order chi connectivity index (χ0) is 19.5. The van der Waals surface area contributed by atoms with Crippen molar-refractivity contribution < 1.29 is 9.53 Å². The summed E-state index contributed by atoms with van der Waals surface area (Å²) >= 11 is 2.86. The van der Waals surface area contributed by atoms with Gasteiger partial charge in [-0.1, -0.05) is 53.4 Å². The van der Waals surface area contributed by atoms with E-state index in [1.165, 1.54) is 28.7 Å². The standard InChI is InChI=1S/C20H20N4O2S2/c1-13(18(25)24-12-11-14-7-3-5-9-16(14)24)27-20-23-22-19(28-20)21-15-8-4-6-10-17(15)26-2/h3-10,13H,11-12H2,1-2H3,(H,21,22)/t13-/m0/s1. The number of nitrogens with one attached hydrogen (secondary N) is 1. The van der Waals surface area contributed by atoms with Crippen molar-refractivity contribution in [1.29, 1.82) is 0 Å². The molecule has 0 bridgehead atoms. The van der Waals surface area contributed by atoms with E-state index in [-0.39, 0.29) is 11.2 Å². The van der Waals surface area contributed by atoms with Gasteiger partial charge in [-0.3, -0.25) is 4.79 Å². The molecule has 1 aromatic heterocycles. The first-order valence-corrected chi connectivity index (χ1v) is 10.6. The molecule has 1 aliphatic heterocycles. The quantitative estimate of drug-likeness (QED) is 0.607. The number of benzene rings is 2. The van der Waals surface area contributed by atoms with E-state index in [9.17, 15) is 4.79 Å². The average Bonchev–Trinajstić information content (AvgIpc) is 3.34. The molecule has 1 N–H and O–H groups in total. The van der Waals surface area contributed by atoms with Crippen LogP contribution in [-0.2, 0) is 11.2 Å². The van der Waals surface area contributed by atoms with Gasteiger partial charge in [0.25, 0.3) is 0 Å². The molecule has 2 heterocycles. The van der Waals surface area contributed by atoms with E-state index >= 15 is 0 Å². The highest BCUT2D eigenvalue weighted by Gasteiger charge is 2.28. The Bertz CT molecular complexity index is 992. The van der Waals surface area contributed by atoms with E-state index in [1.807, 2.05) is 54.3 Å². The molecule has 0 aliphatic carbocycles. The maximum atomic E-state index is 12.9. The van der Waals surface area contributed by atoms with E-state index in [1.54, 1.807) is 7.11 Å². The van der Waals surface area contributed by atoms with Crippen molar-refractivity contribution in [2.45, 2.75) is 22.9 Å². The van der Waals surface area contributed by atoms with Gasteiger partial charge in [-0.2, -0.15) is 0 Å². The molecule has 1 aliphatic rings. The summed E-state index contributed by atoms with van der Waals surface area (Å²) in [6.45, 7) is 2.66. The molecular weight excluding hydrogens is 392 g/mol. The van der Waals surface area contributed by atoms with Crippen LogP contribution in [0.25, 0.3) is 0 Å². The van der Waals surface area contributed by atoms with Gasteiger partial charge >= 0.3 is 0 Å². The number of carbonyl (C=O) groups excluding carboxylic acids is 1. The number of rotatable bonds is 6. The third-order valence-electron chi connectivity index (χ3n) is 4.53. The smallest absolute Gasteiger partial charge is 0.240 e. The minimum absolute atomic E-state index is 0.101. The van der Waals surface area contributed by atoms with Crippen molar-refractivity contribution in [3.63, 3.8) is 0 Å². The van der Waals surface area contributed by atoms with Gasteiger partial charge in [-0.15, -0.1) is 10.2 Å². The normalized spacial score (nSPS) is 13.9. The van der Waals surface area contributed by atoms with Crippen LogP contribution in [0.5, 0.6) is 5.75 Å². The lowest BCUT2D eigenvalue weighted by molar-refractivity contribution is -0.117. The largest absolute Gasteiger partial charge is 0.495 e. The van der Waals surface area contributed by atoms with E-state index in [2.05, 4.69) is 21.6 Å². The summed E-state index contributed by atoms with van der Waals surface area (Å²) in [6.07, 6.45) is 0.908. The number of carbonyl (C=O) groups is 1. The molecule has 1 amide bonds. The maximum Gasteiger partial charge on any atom is 0.240 e. The first kappa shape index (κ1) is 18.8. The van der Waals surface area contributed by atoms with Gasteiger partial charge in [0.1, 0.15) is 5.75 Å². The average molecular weight is 413 g/mol. The first-order chi connectivity index (χ1) is 13.7. The van der Waals surface area contributed by atoms with E-state index in [0.717, 1.165) is 34.4 Å². The Morgan fingerprint density at radius 1 is 1.21 bits per heavy atom. The number of para-hydroxylation sites is 3. The van der Waals surface area contributed by atoms with Gasteiger partial charge in [-0.25, -0.2) is 0 Å². The highest BCUT2D eigenvalue weighted by molar-refractivity contribution is 8.02. The van der Waals surface area contributed by atoms with Crippen molar-refractivity contribution in [3.8, 4) is 5.75 Å². The van der Waals surface area contributed by atoms with E-state index in [0.29, 0.717) is 5.13 Å². The van der Waals surface area contributed by atoms with Crippen LogP contribution in [0.2, 0.25) is 0 Å². The summed E-state index contributed by atoms with van der Waals surface area (Å²) in [5.41, 5.74) is 3.08. The molecule has 4 rings (SSSR count). The molecule has 144 valence electrons. The molecule has 0 unspecified atom stereocenters. The molecule has 6 nitrogen and oxygen atoms in total. The molecule has 2 aromatic carbocycles. The highest BCUT2D eigenvalue weighted by Crippen LogP contribution is 2.35. The summed E-state index contributed by atoms with van der Waals surface area (Å²) in [4.78, 5) is 14.8. The number of methoxy groups -OCH3 is 1. The lowest BCUT2D eigenvalue weighted by atomic mass is 10.2. The van der Waals surface area contributed by atoms with Crippen LogP contribution >= 0.6 is 23.1 Å². The van der Waals surface area contributed by atoms with Crippen LogP contribution in [0.4, 0.5) is 16.5 Å². The number of ether oxygens (including phenoxy) is 1. The van der Waals surface area contributed by atoms with Crippen molar-refractivity contribution in [2.75, 3.05) is 23.9 Å². The first-order valence-electron chi connectivity index (χ1n) is 8.95. The molecule has 0 saturated carbocycles. The SMILES string of the molecule is COc1ccccc1Nc1nnc(S[C@@H](C)C(=O)N2CCc3ccccc32)s1. The Morgan fingerprint density at radius 3 is 2.86 bits per heavy atom. The van der Waals surface area contributed by atoms with Crippen LogP contribution in [0.3, 0.4) is 0 Å². The van der Waals surface area contributed by atoms with Crippen LogP contribution in [0.15, 0.2) is 52.9 Å². The van der Waals surface area contributed by atoms with Gasteiger partial charge in [0.2, 0.25) is 11.0 Å². The van der Waals surface area contributed by atoms with Crippen molar-refractivity contribution in [1.82, 2.24) is 10.2 Å². The number of aromatic nitrogens is 2. The Hall–Kier alpha value is -2.58. The summed E-state index contributed by atoms with van der Waals surface area (Å²) in [5, 5.41) is 12.1. The van der Waals surface area contributed by atoms with Gasteiger partial charge < -0.3 is 15.0 Å². The second-order valence-corrected chi connectivity index (χ2v) is 8.89. The third kappa shape index (κ3) is 3.83. The lowest BCUT2D eigenvalue weighted by Gasteiger charge is -2.20. The number of anilines is 3. The molecule has 0 radical (unpaired) electrons. The van der Waals surface area contributed by atoms with Crippen molar-refractivity contribution in [2.24, 2.45) is 0 Å². The molecule has 0 spiro atoms. The number of nitrogens with zero attached hydrogens (tertiary/aromatic N) is 3.